The Morgan fingerprint density at radius 3 is 2.71 bits per heavy atom. The zero-order chi connectivity index (χ0) is 17.3. The van der Waals surface area contributed by atoms with Gasteiger partial charge in [0, 0.05) is 25.3 Å². The minimum Gasteiger partial charge on any atom is -0.369 e. The normalized spacial score (nSPS) is 25.1. The maximum absolute atomic E-state index is 13.0. The average Bonchev–Trinajstić information content (AvgIpc) is 2.61. The zero-order valence-electron chi connectivity index (χ0n) is 14.6. The van der Waals surface area contributed by atoms with Crippen LogP contribution in [0.5, 0.6) is 0 Å². The maximum atomic E-state index is 13.0. The molecule has 130 valence electrons. The van der Waals surface area contributed by atoms with Gasteiger partial charge in [-0.05, 0) is 43.7 Å². The number of hydrogen-bond donors (Lipinski definition) is 1. The molecule has 1 aromatic rings. The number of para-hydroxylation sites is 1. The van der Waals surface area contributed by atoms with E-state index in [1.165, 1.54) is 11.3 Å². The molecule has 1 aromatic carbocycles. The zero-order valence-corrected chi connectivity index (χ0v) is 14.6. The van der Waals surface area contributed by atoms with Crippen molar-refractivity contribution in [1.29, 1.82) is 0 Å². The second kappa shape index (κ2) is 6.83. The summed E-state index contributed by atoms with van der Waals surface area (Å²) in [7, 11) is 0. The van der Waals surface area contributed by atoms with Crippen molar-refractivity contribution >= 4 is 17.5 Å². The Balaban J connectivity index is 1.77. The Kier molecular flexibility index (Phi) is 4.78. The fourth-order valence-corrected chi connectivity index (χ4v) is 3.98. The van der Waals surface area contributed by atoms with E-state index in [0.717, 1.165) is 32.4 Å². The quantitative estimate of drug-likeness (QED) is 0.923. The maximum Gasteiger partial charge on any atom is 0.245 e. The predicted molar refractivity (Wildman–Crippen MR) is 94.8 cm³/mol. The van der Waals surface area contributed by atoms with Gasteiger partial charge in [-0.1, -0.05) is 25.1 Å². The molecule has 2 aliphatic heterocycles. The number of rotatable bonds is 3. The van der Waals surface area contributed by atoms with Crippen molar-refractivity contribution in [3.8, 4) is 0 Å². The Labute approximate surface area is 143 Å². The van der Waals surface area contributed by atoms with Crippen LogP contribution in [0.3, 0.4) is 0 Å². The lowest BCUT2D eigenvalue weighted by Crippen LogP contribution is -2.52. The molecule has 2 amide bonds. The topological polar surface area (TPSA) is 66.6 Å². The van der Waals surface area contributed by atoms with E-state index in [0.29, 0.717) is 12.5 Å². The molecular formula is C19H27N3O2. The summed E-state index contributed by atoms with van der Waals surface area (Å²) in [6.45, 7) is 6.29. The van der Waals surface area contributed by atoms with E-state index < -0.39 is 0 Å². The molecule has 0 aromatic heterocycles. The molecule has 2 heterocycles. The summed E-state index contributed by atoms with van der Waals surface area (Å²) in [5, 5.41) is 0. The number of nitrogens with zero attached hydrogens (tertiary/aromatic N) is 2. The van der Waals surface area contributed by atoms with Crippen molar-refractivity contribution in [2.24, 2.45) is 11.7 Å². The van der Waals surface area contributed by atoms with Crippen LogP contribution >= 0.6 is 0 Å². The molecule has 3 atom stereocenters. The number of carbonyl (C=O) groups is 2. The van der Waals surface area contributed by atoms with Gasteiger partial charge in [0.25, 0.3) is 0 Å². The van der Waals surface area contributed by atoms with E-state index >= 15 is 0 Å². The van der Waals surface area contributed by atoms with Gasteiger partial charge in [0.1, 0.15) is 6.04 Å². The molecule has 0 saturated carbocycles. The van der Waals surface area contributed by atoms with E-state index in [2.05, 4.69) is 30.0 Å². The number of likely N-dealkylation sites (tertiary alicyclic amines) is 1. The summed E-state index contributed by atoms with van der Waals surface area (Å²) in [6, 6.07) is 8.15. The lowest BCUT2D eigenvalue weighted by molar-refractivity contribution is -0.135. The number of piperidine rings is 1. The van der Waals surface area contributed by atoms with Crippen LogP contribution in [0.1, 0.15) is 44.6 Å². The van der Waals surface area contributed by atoms with E-state index in [4.69, 9.17) is 5.73 Å². The highest BCUT2D eigenvalue weighted by atomic mass is 16.2. The molecule has 1 saturated heterocycles. The van der Waals surface area contributed by atoms with Gasteiger partial charge >= 0.3 is 0 Å². The number of amides is 2. The molecule has 2 aliphatic rings. The van der Waals surface area contributed by atoms with E-state index in [1.807, 2.05) is 17.9 Å². The lowest BCUT2D eigenvalue weighted by Gasteiger charge is -2.41. The highest BCUT2D eigenvalue weighted by Gasteiger charge is 2.34. The van der Waals surface area contributed by atoms with E-state index in [1.54, 1.807) is 0 Å². The number of carbonyl (C=O) groups excluding carboxylic acids is 2. The van der Waals surface area contributed by atoms with Crippen molar-refractivity contribution in [2.45, 2.75) is 45.1 Å². The Morgan fingerprint density at radius 1 is 1.21 bits per heavy atom. The average molecular weight is 329 g/mol. The third kappa shape index (κ3) is 3.12. The number of nitrogens with two attached hydrogens (primary N) is 1. The molecule has 5 heteroatoms. The second-order valence-corrected chi connectivity index (χ2v) is 7.14. The third-order valence-electron chi connectivity index (χ3n) is 5.54. The van der Waals surface area contributed by atoms with Crippen molar-refractivity contribution in [3.05, 3.63) is 29.8 Å². The molecule has 24 heavy (non-hydrogen) atoms. The van der Waals surface area contributed by atoms with Gasteiger partial charge in [-0.15, -0.1) is 0 Å². The number of fused-ring (bicyclic) bond motifs is 1. The van der Waals surface area contributed by atoms with Crippen LogP contribution in [-0.2, 0) is 9.59 Å². The number of hydrogen-bond acceptors (Lipinski definition) is 3. The Morgan fingerprint density at radius 2 is 1.96 bits per heavy atom. The predicted octanol–water partition coefficient (Wildman–Crippen LogP) is 2.11. The van der Waals surface area contributed by atoms with Crippen LogP contribution in [0.4, 0.5) is 5.69 Å². The summed E-state index contributed by atoms with van der Waals surface area (Å²) in [6.07, 6.45) is 2.69. The molecule has 5 nitrogen and oxygen atoms in total. The molecule has 0 aliphatic carbocycles. The number of anilines is 1. The molecule has 3 rings (SSSR count). The summed E-state index contributed by atoms with van der Waals surface area (Å²) in [4.78, 5) is 28.5. The molecule has 0 radical (unpaired) electrons. The highest BCUT2D eigenvalue weighted by molar-refractivity contribution is 5.86. The second-order valence-electron chi connectivity index (χ2n) is 7.14. The van der Waals surface area contributed by atoms with Gasteiger partial charge in [-0.3, -0.25) is 9.59 Å². The Bertz CT molecular complexity index is 631. The van der Waals surface area contributed by atoms with Crippen LogP contribution in [0, 0.1) is 5.92 Å². The smallest absolute Gasteiger partial charge is 0.245 e. The first-order valence-corrected chi connectivity index (χ1v) is 8.92. The van der Waals surface area contributed by atoms with Gasteiger partial charge in [-0.25, -0.2) is 0 Å². The molecule has 3 unspecified atom stereocenters. The minimum atomic E-state index is -0.294. The first-order chi connectivity index (χ1) is 11.5. The Hall–Kier alpha value is -2.04. The van der Waals surface area contributed by atoms with E-state index in [9.17, 15) is 9.59 Å². The van der Waals surface area contributed by atoms with E-state index in [-0.39, 0.29) is 23.8 Å². The first-order valence-electron chi connectivity index (χ1n) is 8.92. The SMILES string of the molecule is CC1CCN(C(C)C(=O)N2CCCC(C(N)=O)C2)c2ccccc21. The van der Waals surface area contributed by atoms with Gasteiger partial charge in [0.2, 0.25) is 11.8 Å². The van der Waals surface area contributed by atoms with Crippen LogP contribution in [0.25, 0.3) is 0 Å². The van der Waals surface area contributed by atoms with Crippen LogP contribution < -0.4 is 10.6 Å². The molecule has 0 spiro atoms. The number of benzene rings is 1. The van der Waals surface area contributed by atoms with Crippen molar-refractivity contribution in [3.63, 3.8) is 0 Å². The van der Waals surface area contributed by atoms with Crippen molar-refractivity contribution in [2.75, 3.05) is 24.5 Å². The molecule has 2 N–H and O–H groups in total. The first kappa shape index (κ1) is 16.8. The standard InChI is InChI=1S/C19H27N3O2/c1-13-9-11-22(17-8-4-3-7-16(13)17)14(2)19(24)21-10-5-6-15(12-21)18(20)23/h3-4,7-8,13-15H,5-6,9-12H2,1-2H3,(H2,20,23). The van der Waals surface area contributed by atoms with Crippen molar-refractivity contribution in [1.82, 2.24) is 4.90 Å². The molecule has 1 fully saturated rings. The summed E-state index contributed by atoms with van der Waals surface area (Å²) in [5.74, 6) is 0.125. The van der Waals surface area contributed by atoms with Gasteiger partial charge in [-0.2, -0.15) is 0 Å². The minimum absolute atomic E-state index is 0.102. The molecule has 0 bridgehead atoms. The summed E-state index contributed by atoms with van der Waals surface area (Å²) < 4.78 is 0. The van der Waals surface area contributed by atoms with Crippen LogP contribution in [-0.4, -0.2) is 42.4 Å². The monoisotopic (exact) mass is 329 g/mol. The van der Waals surface area contributed by atoms with Gasteiger partial charge in [0.05, 0.1) is 5.92 Å². The highest BCUT2D eigenvalue weighted by Crippen LogP contribution is 2.36. The summed E-state index contributed by atoms with van der Waals surface area (Å²) >= 11 is 0. The fourth-order valence-electron chi connectivity index (χ4n) is 3.98. The lowest BCUT2D eigenvalue weighted by atomic mass is 9.90. The fraction of sp³-hybridized carbons (Fsp3) is 0.579. The summed E-state index contributed by atoms with van der Waals surface area (Å²) in [5.41, 5.74) is 7.92. The third-order valence-corrected chi connectivity index (χ3v) is 5.54. The molecular weight excluding hydrogens is 302 g/mol. The van der Waals surface area contributed by atoms with Crippen molar-refractivity contribution < 1.29 is 9.59 Å². The largest absolute Gasteiger partial charge is 0.369 e. The van der Waals surface area contributed by atoms with Crippen LogP contribution in [0.2, 0.25) is 0 Å². The number of primary amides is 1. The van der Waals surface area contributed by atoms with Gasteiger partial charge < -0.3 is 15.5 Å². The van der Waals surface area contributed by atoms with Gasteiger partial charge in [0.15, 0.2) is 0 Å². The van der Waals surface area contributed by atoms with Crippen LogP contribution in [0.15, 0.2) is 24.3 Å².